The molecule has 6 nitrogen and oxygen atoms in total. The molecule has 1 heterocycles. The topological polar surface area (TPSA) is 78.9 Å². The number of carboxylic acid groups (broad SMARTS) is 1. The number of hydrogen-bond acceptors (Lipinski definition) is 3. The number of aliphatic carboxylic acids is 1. The van der Waals surface area contributed by atoms with Crippen LogP contribution in [0.15, 0.2) is 18.2 Å². The van der Waals surface area contributed by atoms with Gasteiger partial charge in [0.1, 0.15) is 11.6 Å². The van der Waals surface area contributed by atoms with E-state index in [1.807, 2.05) is 0 Å². The number of urea groups is 1. The number of benzene rings is 1. The number of halogens is 3. The molecule has 2 rings (SSSR count). The number of nitrogens with one attached hydrogen (secondary N) is 1. The predicted octanol–water partition coefficient (Wildman–Crippen LogP) is 2.76. The van der Waals surface area contributed by atoms with Gasteiger partial charge in [0, 0.05) is 19.2 Å². The molecule has 1 saturated heterocycles. The number of alkyl halides is 2. The van der Waals surface area contributed by atoms with Gasteiger partial charge in [0.2, 0.25) is 0 Å². The van der Waals surface area contributed by atoms with Crippen molar-refractivity contribution in [3.05, 3.63) is 24.0 Å². The molecule has 1 aromatic carbocycles. The lowest BCUT2D eigenvalue weighted by Crippen LogP contribution is -2.37. The molecular weight excluding hydrogens is 317 g/mol. The molecule has 0 aromatic heterocycles. The summed E-state index contributed by atoms with van der Waals surface area (Å²) in [6.45, 7) is -1.46. The van der Waals surface area contributed by atoms with Crippen LogP contribution >= 0.6 is 0 Å². The van der Waals surface area contributed by atoms with E-state index in [0.29, 0.717) is 0 Å². The van der Waals surface area contributed by atoms with Gasteiger partial charge in [-0.1, -0.05) is 0 Å². The largest absolute Gasteiger partial charge is 0.481 e. The number of amides is 2. The first kappa shape index (κ1) is 16.9. The van der Waals surface area contributed by atoms with Gasteiger partial charge in [0.15, 0.2) is 0 Å². The van der Waals surface area contributed by atoms with E-state index in [-0.39, 0.29) is 30.9 Å². The van der Waals surface area contributed by atoms with Crippen LogP contribution in [0.4, 0.5) is 23.7 Å². The fourth-order valence-corrected chi connectivity index (χ4v) is 2.30. The van der Waals surface area contributed by atoms with Gasteiger partial charge in [-0.05, 0) is 25.5 Å². The third-order valence-electron chi connectivity index (χ3n) is 3.68. The monoisotopic (exact) mass is 332 g/mol. The molecule has 1 aliphatic rings. The van der Waals surface area contributed by atoms with E-state index in [0.717, 1.165) is 18.2 Å². The molecule has 2 amide bonds. The molecule has 1 atom stereocenters. The maximum atomic E-state index is 13.3. The van der Waals surface area contributed by atoms with Gasteiger partial charge in [-0.2, -0.15) is 8.78 Å². The van der Waals surface area contributed by atoms with Crippen LogP contribution in [-0.2, 0) is 4.79 Å². The molecular formula is C14H15F3N2O4. The van der Waals surface area contributed by atoms with Crippen molar-refractivity contribution < 1.29 is 32.6 Å². The van der Waals surface area contributed by atoms with Crippen LogP contribution in [0, 0.1) is 11.2 Å². The molecule has 2 N–H and O–H groups in total. The minimum atomic E-state index is -3.13. The van der Waals surface area contributed by atoms with Gasteiger partial charge in [-0.15, -0.1) is 0 Å². The molecule has 0 radical (unpaired) electrons. The van der Waals surface area contributed by atoms with Crippen LogP contribution < -0.4 is 10.1 Å². The fraction of sp³-hybridized carbons (Fsp3) is 0.429. The standard InChI is InChI=1S/C14H15F3N2O4/c1-14(11(20)21)4-5-19(7-14)13(22)18-9-6-8(15)2-3-10(9)23-12(16)17/h2-3,6,12H,4-5,7H2,1H3,(H,18,22)(H,20,21). The van der Waals surface area contributed by atoms with E-state index in [1.54, 1.807) is 0 Å². The molecule has 0 spiro atoms. The van der Waals surface area contributed by atoms with Crippen molar-refractivity contribution in [3.8, 4) is 5.75 Å². The maximum Gasteiger partial charge on any atom is 0.387 e. The van der Waals surface area contributed by atoms with E-state index < -0.39 is 29.8 Å². The summed E-state index contributed by atoms with van der Waals surface area (Å²) < 4.78 is 42.1. The van der Waals surface area contributed by atoms with Crippen molar-refractivity contribution in [1.82, 2.24) is 4.90 Å². The number of carboxylic acids is 1. The van der Waals surface area contributed by atoms with Crippen molar-refractivity contribution in [2.24, 2.45) is 5.41 Å². The number of rotatable bonds is 4. The van der Waals surface area contributed by atoms with Crippen molar-refractivity contribution in [2.45, 2.75) is 20.0 Å². The Kier molecular flexibility index (Phi) is 4.67. The Morgan fingerprint density at radius 3 is 2.70 bits per heavy atom. The molecule has 23 heavy (non-hydrogen) atoms. The minimum absolute atomic E-state index is 0.0332. The first-order valence-electron chi connectivity index (χ1n) is 6.75. The van der Waals surface area contributed by atoms with Crippen LogP contribution in [0.3, 0.4) is 0 Å². The smallest absolute Gasteiger partial charge is 0.387 e. The Morgan fingerprint density at radius 2 is 2.13 bits per heavy atom. The molecule has 126 valence electrons. The average molecular weight is 332 g/mol. The third-order valence-corrected chi connectivity index (χ3v) is 3.68. The van der Waals surface area contributed by atoms with Crippen molar-refractivity contribution in [3.63, 3.8) is 0 Å². The quantitative estimate of drug-likeness (QED) is 0.889. The van der Waals surface area contributed by atoms with E-state index >= 15 is 0 Å². The van der Waals surface area contributed by atoms with E-state index in [1.165, 1.54) is 11.8 Å². The number of carbonyl (C=O) groups is 2. The highest BCUT2D eigenvalue weighted by Gasteiger charge is 2.42. The summed E-state index contributed by atoms with van der Waals surface area (Å²) in [5.74, 6) is -2.14. The Morgan fingerprint density at radius 1 is 1.43 bits per heavy atom. The Bertz CT molecular complexity index is 626. The number of nitrogens with zero attached hydrogens (tertiary/aromatic N) is 1. The van der Waals surface area contributed by atoms with Gasteiger partial charge >= 0.3 is 18.6 Å². The lowest BCUT2D eigenvalue weighted by atomic mass is 9.90. The van der Waals surface area contributed by atoms with Crippen LogP contribution in [-0.4, -0.2) is 41.7 Å². The molecule has 1 fully saturated rings. The summed E-state index contributed by atoms with van der Waals surface area (Å²) >= 11 is 0. The third kappa shape index (κ3) is 3.85. The number of carbonyl (C=O) groups excluding carboxylic acids is 1. The molecule has 1 unspecified atom stereocenters. The number of hydrogen-bond donors (Lipinski definition) is 2. The summed E-state index contributed by atoms with van der Waals surface area (Å²) in [6.07, 6.45) is 0.263. The SMILES string of the molecule is CC1(C(=O)O)CCN(C(=O)Nc2cc(F)ccc2OC(F)F)C1. The first-order valence-corrected chi connectivity index (χ1v) is 6.75. The van der Waals surface area contributed by atoms with Crippen molar-refractivity contribution in [2.75, 3.05) is 18.4 Å². The molecule has 1 aromatic rings. The second-order valence-corrected chi connectivity index (χ2v) is 5.49. The molecule has 0 saturated carbocycles. The lowest BCUT2D eigenvalue weighted by Gasteiger charge is -2.21. The summed E-state index contributed by atoms with van der Waals surface area (Å²) in [6, 6.07) is 2.04. The van der Waals surface area contributed by atoms with Gasteiger partial charge in [-0.25, -0.2) is 9.18 Å². The second-order valence-electron chi connectivity index (χ2n) is 5.49. The van der Waals surface area contributed by atoms with Gasteiger partial charge < -0.3 is 20.1 Å². The maximum absolute atomic E-state index is 13.3. The van der Waals surface area contributed by atoms with Crippen LogP contribution in [0.25, 0.3) is 0 Å². The zero-order chi connectivity index (χ0) is 17.2. The van der Waals surface area contributed by atoms with Crippen molar-refractivity contribution in [1.29, 1.82) is 0 Å². The Hall–Kier alpha value is -2.45. The molecule has 9 heteroatoms. The normalized spacial score (nSPS) is 20.7. The summed E-state index contributed by atoms with van der Waals surface area (Å²) in [4.78, 5) is 24.5. The van der Waals surface area contributed by atoms with Gasteiger partial charge in [0.05, 0.1) is 11.1 Å². The number of anilines is 1. The van der Waals surface area contributed by atoms with Gasteiger partial charge in [-0.3, -0.25) is 4.79 Å². The number of ether oxygens (including phenoxy) is 1. The minimum Gasteiger partial charge on any atom is -0.481 e. The molecule has 1 aliphatic heterocycles. The lowest BCUT2D eigenvalue weighted by molar-refractivity contribution is -0.146. The Balaban J connectivity index is 2.12. The van der Waals surface area contributed by atoms with Crippen LogP contribution in [0.1, 0.15) is 13.3 Å². The average Bonchev–Trinajstić information content (AvgIpc) is 2.85. The first-order chi connectivity index (χ1) is 10.7. The van der Waals surface area contributed by atoms with Gasteiger partial charge in [0.25, 0.3) is 0 Å². The Labute approximate surface area is 129 Å². The molecule has 0 bridgehead atoms. The summed E-state index contributed by atoms with van der Waals surface area (Å²) in [7, 11) is 0. The van der Waals surface area contributed by atoms with Crippen molar-refractivity contribution >= 4 is 17.7 Å². The molecule has 0 aliphatic carbocycles. The predicted molar refractivity (Wildman–Crippen MR) is 74.0 cm³/mol. The highest BCUT2D eigenvalue weighted by Crippen LogP contribution is 2.32. The highest BCUT2D eigenvalue weighted by atomic mass is 19.3. The van der Waals surface area contributed by atoms with E-state index in [4.69, 9.17) is 5.11 Å². The zero-order valence-electron chi connectivity index (χ0n) is 12.2. The second kappa shape index (κ2) is 6.35. The van der Waals surface area contributed by atoms with E-state index in [2.05, 4.69) is 10.1 Å². The van der Waals surface area contributed by atoms with Crippen LogP contribution in [0.2, 0.25) is 0 Å². The highest BCUT2D eigenvalue weighted by molar-refractivity contribution is 5.92. The number of likely N-dealkylation sites (tertiary alicyclic amines) is 1. The summed E-state index contributed by atoms with van der Waals surface area (Å²) in [5.41, 5.74) is -1.32. The zero-order valence-corrected chi connectivity index (χ0v) is 12.2. The summed E-state index contributed by atoms with van der Waals surface area (Å²) in [5, 5.41) is 11.4. The fourth-order valence-electron chi connectivity index (χ4n) is 2.30. The van der Waals surface area contributed by atoms with E-state index in [9.17, 15) is 22.8 Å². The van der Waals surface area contributed by atoms with Crippen LogP contribution in [0.5, 0.6) is 5.75 Å².